The fourth-order valence-corrected chi connectivity index (χ4v) is 0.268. The van der Waals surface area contributed by atoms with Gasteiger partial charge in [0.15, 0.2) is 0 Å². The zero-order chi connectivity index (χ0) is 10.5. The smallest absolute Gasteiger partial charge is 0.269 e. The molecule has 0 spiro atoms. The Bertz CT molecular complexity index is 184. The third-order valence-corrected chi connectivity index (χ3v) is 1.33. The van der Waals surface area contributed by atoms with Crippen molar-refractivity contribution in [3.05, 3.63) is 12.7 Å². The third-order valence-electron chi connectivity index (χ3n) is 1.33. The summed E-state index contributed by atoms with van der Waals surface area (Å²) in [7, 11) is 0. The van der Waals surface area contributed by atoms with Crippen molar-refractivity contribution >= 4 is 5.97 Å². The standard InChI is InChI=1S/C9H16O4/c1-6-9(4,5)12-13-11-8(10)7(2)3/h6-7H,1H2,2-5H3. The van der Waals surface area contributed by atoms with E-state index in [1.807, 2.05) is 0 Å². The number of hydrogen-bond donors (Lipinski definition) is 0. The van der Waals surface area contributed by atoms with Crippen LogP contribution in [0.1, 0.15) is 27.7 Å². The van der Waals surface area contributed by atoms with Gasteiger partial charge in [0.05, 0.1) is 5.92 Å². The number of hydrogen-bond acceptors (Lipinski definition) is 4. The molecule has 0 amide bonds. The third kappa shape index (κ3) is 5.38. The molecule has 0 atom stereocenters. The van der Waals surface area contributed by atoms with Crippen LogP contribution in [-0.4, -0.2) is 11.6 Å². The first kappa shape index (κ1) is 12.1. The Morgan fingerprint density at radius 2 is 2.00 bits per heavy atom. The molecule has 4 heteroatoms. The first-order chi connectivity index (χ1) is 5.89. The summed E-state index contributed by atoms with van der Waals surface area (Å²) >= 11 is 0. The molecule has 13 heavy (non-hydrogen) atoms. The lowest BCUT2D eigenvalue weighted by atomic mass is 10.1. The Hall–Kier alpha value is -0.870. The Labute approximate surface area is 78.3 Å². The van der Waals surface area contributed by atoms with E-state index in [0.717, 1.165) is 0 Å². The van der Waals surface area contributed by atoms with Crippen LogP contribution in [0.2, 0.25) is 0 Å². The van der Waals surface area contributed by atoms with Crippen LogP contribution in [0.3, 0.4) is 0 Å². The zero-order valence-corrected chi connectivity index (χ0v) is 8.49. The average molecular weight is 188 g/mol. The van der Waals surface area contributed by atoms with Crippen LogP contribution in [0, 0.1) is 5.92 Å². The second kappa shape index (κ2) is 4.99. The van der Waals surface area contributed by atoms with Gasteiger partial charge in [-0.3, -0.25) is 4.89 Å². The molecular weight excluding hydrogens is 172 g/mol. The van der Waals surface area contributed by atoms with Crippen LogP contribution in [0.4, 0.5) is 0 Å². The maximum atomic E-state index is 10.9. The summed E-state index contributed by atoms with van der Waals surface area (Å²) in [4.78, 5) is 19.9. The molecule has 0 heterocycles. The van der Waals surface area contributed by atoms with Crippen molar-refractivity contribution in [2.24, 2.45) is 5.92 Å². The van der Waals surface area contributed by atoms with Gasteiger partial charge < -0.3 is 0 Å². The number of rotatable bonds is 5. The number of carbonyl (C=O) groups is 1. The fraction of sp³-hybridized carbons (Fsp3) is 0.667. The summed E-state index contributed by atoms with van der Waals surface area (Å²) in [6.45, 7) is 10.4. The second-order valence-electron chi connectivity index (χ2n) is 3.52. The maximum Gasteiger partial charge on any atom is 0.348 e. The van der Waals surface area contributed by atoms with Crippen LogP contribution in [-0.2, 0) is 19.6 Å². The van der Waals surface area contributed by atoms with Gasteiger partial charge in [0.25, 0.3) is 0 Å². The van der Waals surface area contributed by atoms with Crippen LogP contribution >= 0.6 is 0 Å². The molecule has 0 bridgehead atoms. The molecule has 0 rings (SSSR count). The van der Waals surface area contributed by atoms with E-state index in [2.05, 4.69) is 16.5 Å². The van der Waals surface area contributed by atoms with Gasteiger partial charge in [-0.2, -0.15) is 4.89 Å². The molecule has 0 unspecified atom stereocenters. The van der Waals surface area contributed by atoms with Crippen LogP contribution in [0.25, 0.3) is 0 Å². The molecule has 0 aromatic heterocycles. The fourth-order valence-electron chi connectivity index (χ4n) is 0.268. The summed E-state index contributed by atoms with van der Waals surface area (Å²) in [6.07, 6.45) is 1.54. The van der Waals surface area contributed by atoms with E-state index in [1.165, 1.54) is 6.08 Å². The Morgan fingerprint density at radius 1 is 1.46 bits per heavy atom. The summed E-state index contributed by atoms with van der Waals surface area (Å²) in [5.74, 6) is -0.713. The van der Waals surface area contributed by atoms with E-state index >= 15 is 0 Å². The molecule has 0 aliphatic carbocycles. The predicted molar refractivity (Wildman–Crippen MR) is 47.4 cm³/mol. The summed E-state index contributed by atoms with van der Waals surface area (Å²) in [5, 5.41) is 4.29. The van der Waals surface area contributed by atoms with Gasteiger partial charge in [0.1, 0.15) is 5.60 Å². The predicted octanol–water partition coefficient (Wildman–Crippen LogP) is 2.01. The molecular formula is C9H16O4. The van der Waals surface area contributed by atoms with Gasteiger partial charge in [-0.15, -0.1) is 6.58 Å². The average Bonchev–Trinajstić information content (AvgIpc) is 2.04. The van der Waals surface area contributed by atoms with E-state index in [1.54, 1.807) is 27.7 Å². The van der Waals surface area contributed by atoms with Crippen molar-refractivity contribution in [3.8, 4) is 0 Å². The molecule has 0 aliphatic heterocycles. The lowest BCUT2D eigenvalue weighted by Gasteiger charge is -2.16. The highest BCUT2D eigenvalue weighted by molar-refractivity contribution is 5.70. The topological polar surface area (TPSA) is 44.8 Å². The SMILES string of the molecule is C=CC(C)(C)OOOC(=O)C(C)C. The Balaban J connectivity index is 3.68. The zero-order valence-electron chi connectivity index (χ0n) is 8.49. The van der Waals surface area contributed by atoms with Crippen LogP contribution < -0.4 is 0 Å². The highest BCUT2D eigenvalue weighted by Crippen LogP contribution is 2.10. The minimum atomic E-state index is -0.669. The summed E-state index contributed by atoms with van der Waals surface area (Å²) in [5.41, 5.74) is -0.669. The van der Waals surface area contributed by atoms with E-state index in [9.17, 15) is 4.79 Å². The molecule has 0 aliphatic rings. The minimum Gasteiger partial charge on any atom is -0.269 e. The molecule has 0 aromatic rings. The molecule has 76 valence electrons. The van der Waals surface area contributed by atoms with Crippen molar-refractivity contribution in [2.45, 2.75) is 33.3 Å². The summed E-state index contributed by atoms with van der Waals surface area (Å²) in [6, 6.07) is 0. The first-order valence-corrected chi connectivity index (χ1v) is 4.09. The lowest BCUT2D eigenvalue weighted by molar-refractivity contribution is -0.511. The van der Waals surface area contributed by atoms with E-state index < -0.39 is 11.6 Å². The number of carbonyl (C=O) groups excluding carboxylic acids is 1. The van der Waals surface area contributed by atoms with Gasteiger partial charge in [-0.05, 0) is 18.9 Å². The van der Waals surface area contributed by atoms with Gasteiger partial charge in [-0.1, -0.05) is 19.9 Å². The molecule has 0 N–H and O–H groups in total. The highest BCUT2D eigenvalue weighted by atomic mass is 17.5. The lowest BCUT2D eigenvalue weighted by Crippen LogP contribution is -2.23. The van der Waals surface area contributed by atoms with Crippen molar-refractivity contribution in [3.63, 3.8) is 0 Å². The highest BCUT2D eigenvalue weighted by Gasteiger charge is 2.17. The van der Waals surface area contributed by atoms with Crippen LogP contribution in [0.5, 0.6) is 0 Å². The van der Waals surface area contributed by atoms with Crippen molar-refractivity contribution in [1.82, 2.24) is 0 Å². The molecule has 0 fully saturated rings. The molecule has 0 saturated heterocycles. The summed E-state index contributed by atoms with van der Waals surface area (Å²) < 4.78 is 0. The Morgan fingerprint density at radius 3 is 2.38 bits per heavy atom. The van der Waals surface area contributed by atoms with Gasteiger partial charge in [0, 0.05) is 0 Å². The van der Waals surface area contributed by atoms with E-state index in [0.29, 0.717) is 0 Å². The Kier molecular flexibility index (Phi) is 4.66. The van der Waals surface area contributed by atoms with Crippen molar-refractivity contribution in [2.75, 3.05) is 0 Å². The largest absolute Gasteiger partial charge is 0.348 e. The monoisotopic (exact) mass is 188 g/mol. The quantitative estimate of drug-likeness (QED) is 0.376. The van der Waals surface area contributed by atoms with Gasteiger partial charge >= 0.3 is 5.97 Å². The van der Waals surface area contributed by atoms with Crippen molar-refractivity contribution in [1.29, 1.82) is 0 Å². The minimum absolute atomic E-state index is 0.240. The normalized spacial score (nSPS) is 11.5. The van der Waals surface area contributed by atoms with E-state index in [4.69, 9.17) is 4.89 Å². The first-order valence-electron chi connectivity index (χ1n) is 4.09. The second-order valence-corrected chi connectivity index (χ2v) is 3.52. The maximum absolute atomic E-state index is 10.9. The van der Waals surface area contributed by atoms with Gasteiger partial charge in [-0.25, -0.2) is 4.79 Å². The van der Waals surface area contributed by atoms with Crippen molar-refractivity contribution < 1.29 is 19.6 Å². The molecule has 0 saturated carbocycles. The van der Waals surface area contributed by atoms with E-state index in [-0.39, 0.29) is 5.92 Å². The molecule has 0 radical (unpaired) electrons. The van der Waals surface area contributed by atoms with Crippen LogP contribution in [0.15, 0.2) is 12.7 Å². The van der Waals surface area contributed by atoms with Gasteiger partial charge in [0.2, 0.25) is 0 Å². The molecule has 4 nitrogen and oxygen atoms in total. The molecule has 0 aromatic carbocycles.